The van der Waals surface area contributed by atoms with Crippen LogP contribution in [0, 0.1) is 17.5 Å². The number of benzene rings is 3. The Labute approximate surface area is 272 Å². The van der Waals surface area contributed by atoms with Crippen LogP contribution >= 0.6 is 11.8 Å². The van der Waals surface area contributed by atoms with Gasteiger partial charge in [-0.2, -0.15) is 0 Å². The lowest BCUT2D eigenvalue weighted by atomic mass is 9.95. The smallest absolute Gasteiger partial charge is 0.302 e. The zero-order valence-electron chi connectivity index (χ0n) is 26.1. The van der Waals surface area contributed by atoms with E-state index in [1.54, 1.807) is 17.8 Å². The molecular formula is C36H40F3NO5S. The van der Waals surface area contributed by atoms with Crippen LogP contribution in [0.1, 0.15) is 73.5 Å². The molecule has 3 saturated heterocycles. The van der Waals surface area contributed by atoms with Gasteiger partial charge in [0.05, 0.1) is 18.8 Å². The maximum atomic E-state index is 14.9. The second kappa shape index (κ2) is 14.8. The van der Waals surface area contributed by atoms with Crippen molar-refractivity contribution in [1.82, 2.24) is 4.90 Å². The number of esters is 1. The molecular weight excluding hydrogens is 615 g/mol. The minimum Gasteiger partial charge on any atom is -0.489 e. The average molecular weight is 656 g/mol. The van der Waals surface area contributed by atoms with E-state index in [1.807, 2.05) is 36.6 Å². The number of thioether (sulfide) groups is 1. The number of hydrogen-bond donors (Lipinski definition) is 0. The Balaban J connectivity index is 1.01. The maximum Gasteiger partial charge on any atom is 0.302 e. The third-order valence-electron chi connectivity index (χ3n) is 9.16. The molecule has 3 aliphatic rings. The van der Waals surface area contributed by atoms with Crippen molar-refractivity contribution < 1.29 is 36.9 Å². The van der Waals surface area contributed by atoms with Crippen LogP contribution in [-0.2, 0) is 25.4 Å². The number of nitrogens with zero attached hydrogens (tertiary/aromatic N) is 1. The summed E-state index contributed by atoms with van der Waals surface area (Å²) in [5.74, 6) is -0.706. The summed E-state index contributed by atoms with van der Waals surface area (Å²) in [5, 5.41) is 0. The van der Waals surface area contributed by atoms with E-state index in [2.05, 4.69) is 4.90 Å². The molecule has 6 nitrogen and oxygen atoms in total. The van der Waals surface area contributed by atoms with E-state index in [0.29, 0.717) is 37.9 Å². The van der Waals surface area contributed by atoms with E-state index in [9.17, 15) is 18.0 Å². The molecule has 0 aromatic heterocycles. The van der Waals surface area contributed by atoms with Crippen LogP contribution in [0.2, 0.25) is 0 Å². The Morgan fingerprint density at radius 1 is 0.935 bits per heavy atom. The molecule has 3 aromatic rings. The van der Waals surface area contributed by atoms with Crippen LogP contribution in [0.3, 0.4) is 0 Å². The van der Waals surface area contributed by atoms with Crippen molar-refractivity contribution in [3.05, 3.63) is 100 Å². The fourth-order valence-corrected chi connectivity index (χ4v) is 7.44. The molecule has 0 N–H and O–H groups in total. The molecule has 0 saturated carbocycles. The fourth-order valence-electron chi connectivity index (χ4n) is 6.78. The largest absolute Gasteiger partial charge is 0.489 e. The Bertz CT molecular complexity index is 1500. The summed E-state index contributed by atoms with van der Waals surface area (Å²) in [6, 6.07) is 16.6. The highest BCUT2D eigenvalue weighted by atomic mass is 32.2. The van der Waals surface area contributed by atoms with Crippen LogP contribution < -0.4 is 4.74 Å². The summed E-state index contributed by atoms with van der Waals surface area (Å²) < 4.78 is 66.8. The Kier molecular flexibility index (Phi) is 10.6. The van der Waals surface area contributed by atoms with Gasteiger partial charge in [-0.3, -0.25) is 9.69 Å². The van der Waals surface area contributed by atoms with Gasteiger partial charge in [-0.25, -0.2) is 13.2 Å². The topological polar surface area (TPSA) is 57.2 Å². The van der Waals surface area contributed by atoms with E-state index in [-0.39, 0.29) is 47.1 Å². The van der Waals surface area contributed by atoms with Gasteiger partial charge in [0.2, 0.25) is 0 Å². The predicted molar refractivity (Wildman–Crippen MR) is 170 cm³/mol. The van der Waals surface area contributed by atoms with Crippen LogP contribution in [0.25, 0.3) is 0 Å². The second-order valence-electron chi connectivity index (χ2n) is 12.4. The van der Waals surface area contributed by atoms with Gasteiger partial charge in [-0.1, -0.05) is 18.2 Å². The van der Waals surface area contributed by atoms with E-state index in [1.165, 1.54) is 19.1 Å². The Morgan fingerprint density at radius 2 is 1.74 bits per heavy atom. The summed E-state index contributed by atoms with van der Waals surface area (Å²) in [5.41, 5.74) is 2.60. The molecule has 3 aliphatic heterocycles. The first-order valence-corrected chi connectivity index (χ1v) is 17.2. The van der Waals surface area contributed by atoms with Crippen molar-refractivity contribution in [2.24, 2.45) is 0 Å². The highest BCUT2D eigenvalue weighted by molar-refractivity contribution is 7.99. The molecule has 246 valence electrons. The van der Waals surface area contributed by atoms with Crippen molar-refractivity contribution >= 4 is 17.7 Å². The van der Waals surface area contributed by atoms with Crippen LogP contribution in [0.5, 0.6) is 5.75 Å². The van der Waals surface area contributed by atoms with E-state index >= 15 is 0 Å². The quantitative estimate of drug-likeness (QED) is 0.221. The maximum absolute atomic E-state index is 14.9. The summed E-state index contributed by atoms with van der Waals surface area (Å²) in [6.45, 7) is 3.54. The minimum atomic E-state index is -0.456. The van der Waals surface area contributed by atoms with E-state index in [4.69, 9.17) is 18.9 Å². The van der Waals surface area contributed by atoms with Crippen LogP contribution in [0.15, 0.2) is 60.7 Å². The van der Waals surface area contributed by atoms with Crippen molar-refractivity contribution in [3.8, 4) is 5.75 Å². The van der Waals surface area contributed by atoms with Gasteiger partial charge in [-0.15, -0.1) is 11.8 Å². The standard InChI is InChI=1S/C36H40F3NO5S/c1-22(41)43-30-18-35(45-36(19-30)46-2)24-5-10-32(38)25(16-24)15-23-3-8-28(9-4-23)44-29-13-14-40(20-29)27-7-12-34(42-21-27)31-17-26(37)6-11-33(31)39/h3-6,8-11,16-17,27,29-30,34-36H,7,12-15,18-21H2,1-2H3/t27-,29-,30-,34+,35-,36-/m1/s1. The normalized spacial score (nSPS) is 27.0. The highest BCUT2D eigenvalue weighted by Gasteiger charge is 2.34. The zero-order chi connectivity index (χ0) is 32.2. The zero-order valence-corrected chi connectivity index (χ0v) is 26.9. The van der Waals surface area contributed by atoms with Gasteiger partial charge >= 0.3 is 5.97 Å². The number of carbonyl (C=O) groups excluding carboxylic acids is 1. The van der Waals surface area contributed by atoms with Crippen LogP contribution in [-0.4, -0.2) is 60.5 Å². The van der Waals surface area contributed by atoms with Crippen molar-refractivity contribution in [1.29, 1.82) is 0 Å². The van der Waals surface area contributed by atoms with Gasteiger partial charge in [0, 0.05) is 50.9 Å². The fraction of sp³-hybridized carbons (Fsp3) is 0.472. The SMILES string of the molecule is CS[C@@H]1C[C@H](OC(C)=O)C[C@H](c2ccc(F)c(Cc3ccc(O[C@@H]4CCN([C@@H]5CC[C@@H](c6cc(F)ccc6F)OC5)C4)cc3)c2)O1. The summed E-state index contributed by atoms with van der Waals surface area (Å²) >= 11 is 1.58. The number of halogens is 3. The Morgan fingerprint density at radius 3 is 2.48 bits per heavy atom. The summed E-state index contributed by atoms with van der Waals surface area (Å²) in [6.07, 6.45) is 5.02. The third-order valence-corrected chi connectivity index (χ3v) is 9.99. The first-order chi connectivity index (χ1) is 22.2. The lowest BCUT2D eigenvalue weighted by Crippen LogP contribution is -2.41. The molecule has 6 atom stereocenters. The third kappa shape index (κ3) is 8.08. The second-order valence-corrected chi connectivity index (χ2v) is 13.4. The lowest BCUT2D eigenvalue weighted by Gasteiger charge is -2.35. The summed E-state index contributed by atoms with van der Waals surface area (Å²) in [7, 11) is 0. The molecule has 0 aliphatic carbocycles. The van der Waals surface area contributed by atoms with Gasteiger partial charge in [0.25, 0.3) is 0 Å². The molecule has 10 heteroatoms. The predicted octanol–water partition coefficient (Wildman–Crippen LogP) is 7.54. The Hall–Kier alpha value is -3.05. The van der Waals surface area contributed by atoms with Gasteiger partial charge in [-0.05, 0) is 84.7 Å². The molecule has 0 unspecified atom stereocenters. The molecule has 0 amide bonds. The van der Waals surface area contributed by atoms with Crippen molar-refractivity contribution in [2.45, 2.75) is 81.3 Å². The first kappa shape index (κ1) is 32.9. The number of ether oxygens (including phenoxy) is 4. The molecule has 6 rings (SSSR count). The highest BCUT2D eigenvalue weighted by Crippen LogP contribution is 2.37. The molecule has 3 fully saturated rings. The molecule has 46 heavy (non-hydrogen) atoms. The number of rotatable bonds is 9. The summed E-state index contributed by atoms with van der Waals surface area (Å²) in [4.78, 5) is 13.9. The molecule has 3 heterocycles. The van der Waals surface area contributed by atoms with Crippen LogP contribution in [0.4, 0.5) is 13.2 Å². The average Bonchev–Trinajstić information content (AvgIpc) is 3.52. The van der Waals surface area contributed by atoms with Gasteiger partial charge in [0.1, 0.15) is 40.8 Å². The van der Waals surface area contributed by atoms with Gasteiger partial charge < -0.3 is 18.9 Å². The first-order valence-electron chi connectivity index (χ1n) is 15.9. The monoisotopic (exact) mass is 655 g/mol. The lowest BCUT2D eigenvalue weighted by molar-refractivity contribution is -0.155. The van der Waals surface area contributed by atoms with E-state index in [0.717, 1.165) is 54.9 Å². The minimum absolute atomic E-state index is 0.0368. The molecule has 0 bridgehead atoms. The molecule has 3 aromatic carbocycles. The number of likely N-dealkylation sites (tertiary alicyclic amines) is 1. The number of hydrogen-bond acceptors (Lipinski definition) is 7. The van der Waals surface area contributed by atoms with E-state index < -0.39 is 17.7 Å². The van der Waals surface area contributed by atoms with Crippen molar-refractivity contribution in [3.63, 3.8) is 0 Å². The van der Waals surface area contributed by atoms with Gasteiger partial charge in [0.15, 0.2) is 0 Å². The molecule has 0 spiro atoms. The molecule has 0 radical (unpaired) electrons. The van der Waals surface area contributed by atoms with Crippen molar-refractivity contribution in [2.75, 3.05) is 26.0 Å². The number of carbonyl (C=O) groups is 1.